The van der Waals surface area contributed by atoms with E-state index in [4.69, 9.17) is 18.4 Å². The number of aliphatic hydroxyl groups is 1. The van der Waals surface area contributed by atoms with Crippen molar-refractivity contribution in [3.05, 3.63) is 35.9 Å². The minimum absolute atomic E-state index is 0.240. The number of aliphatic hydroxyl groups excluding tert-OH is 1. The van der Waals surface area contributed by atoms with Crippen LogP contribution in [0.2, 0.25) is 0 Å². The molecule has 5 heteroatoms. The fourth-order valence-corrected chi connectivity index (χ4v) is 4.69. The van der Waals surface area contributed by atoms with Crippen LogP contribution in [0.5, 0.6) is 0 Å². The minimum atomic E-state index is -2.68. The smallest absolute Gasteiger partial charge is 0.396 e. The number of hydrogen-bond donors (Lipinski definition) is 1. The van der Waals surface area contributed by atoms with Crippen molar-refractivity contribution in [2.75, 3.05) is 26.9 Å². The Bertz CT molecular complexity index is 388. The summed E-state index contributed by atoms with van der Waals surface area (Å²) in [4.78, 5) is 0. The molecule has 0 radical (unpaired) electrons. The summed E-state index contributed by atoms with van der Waals surface area (Å²) in [6.45, 7) is 3.74. The molecule has 0 aliphatic carbocycles. The van der Waals surface area contributed by atoms with Crippen molar-refractivity contribution in [2.45, 2.75) is 51.5 Å². The van der Waals surface area contributed by atoms with Crippen LogP contribution in [0.4, 0.5) is 0 Å². The van der Waals surface area contributed by atoms with Gasteiger partial charge in [-0.2, -0.15) is 0 Å². The molecule has 0 aliphatic heterocycles. The van der Waals surface area contributed by atoms with Gasteiger partial charge >= 0.3 is 8.80 Å². The molecule has 0 heterocycles. The molecule has 1 atom stereocenters. The summed E-state index contributed by atoms with van der Waals surface area (Å²) in [5.74, 6) is 0. The van der Waals surface area contributed by atoms with Crippen LogP contribution in [0, 0.1) is 0 Å². The lowest BCUT2D eigenvalue weighted by Gasteiger charge is -2.28. The number of rotatable bonds is 14. The zero-order valence-corrected chi connectivity index (χ0v) is 15.6. The van der Waals surface area contributed by atoms with Crippen LogP contribution >= 0.6 is 0 Å². The average molecular weight is 341 g/mol. The molecule has 0 spiro atoms. The minimum Gasteiger partial charge on any atom is -0.396 e. The van der Waals surface area contributed by atoms with Crippen molar-refractivity contribution in [1.82, 2.24) is 0 Å². The Hall–Kier alpha value is -0.723. The highest BCUT2D eigenvalue weighted by Gasteiger charge is 2.40. The Kier molecular flexibility index (Phi) is 11.2. The molecule has 0 amide bonds. The van der Waals surface area contributed by atoms with Crippen molar-refractivity contribution < 1.29 is 18.4 Å². The van der Waals surface area contributed by atoms with E-state index in [9.17, 15) is 0 Å². The largest absolute Gasteiger partial charge is 0.505 e. The molecule has 1 aromatic carbocycles. The van der Waals surface area contributed by atoms with Crippen molar-refractivity contribution in [2.24, 2.45) is 0 Å². The van der Waals surface area contributed by atoms with Gasteiger partial charge in [0.15, 0.2) is 0 Å². The predicted octanol–water partition coefficient (Wildman–Crippen LogP) is 3.74. The van der Waals surface area contributed by atoms with Gasteiger partial charge in [0.05, 0.1) is 0 Å². The molecule has 23 heavy (non-hydrogen) atoms. The molecule has 0 aromatic heterocycles. The van der Waals surface area contributed by atoms with Crippen LogP contribution in [0.25, 0.3) is 0 Å². The summed E-state index contributed by atoms with van der Waals surface area (Å²) in [7, 11) is -0.986. The molecular weight excluding hydrogens is 308 g/mol. The molecular formula is C18H32O4Si. The lowest BCUT2D eigenvalue weighted by Crippen LogP contribution is -2.48. The first-order valence-electron chi connectivity index (χ1n) is 8.74. The Morgan fingerprint density at radius 2 is 1.57 bits per heavy atom. The zero-order chi connectivity index (χ0) is 16.8. The fourth-order valence-electron chi connectivity index (χ4n) is 2.38. The summed E-state index contributed by atoms with van der Waals surface area (Å²) in [6.07, 6.45) is 6.08. The van der Waals surface area contributed by atoms with E-state index in [0.29, 0.717) is 19.3 Å². The molecule has 1 aromatic rings. The standard InChI is InChI=1S/C18H32O4Si/c1-3-4-10-15-21-23(20-2,22-16-11-6-9-14-19)17-18-12-7-5-8-13-18/h5,7-8,12-13,19H,3-4,6,9-11,14-17H2,1-2H3. The van der Waals surface area contributed by atoms with Gasteiger partial charge < -0.3 is 18.4 Å². The number of benzene rings is 1. The third-order valence-electron chi connectivity index (χ3n) is 3.77. The summed E-state index contributed by atoms with van der Waals surface area (Å²) in [5, 5.41) is 8.85. The molecule has 1 rings (SSSR count). The van der Waals surface area contributed by atoms with E-state index in [0.717, 1.165) is 32.1 Å². The second kappa shape index (κ2) is 12.7. The van der Waals surface area contributed by atoms with Gasteiger partial charge in [-0.05, 0) is 31.2 Å². The number of unbranched alkanes of at least 4 members (excludes halogenated alkanes) is 4. The highest BCUT2D eigenvalue weighted by molar-refractivity contribution is 6.60. The summed E-state index contributed by atoms with van der Waals surface area (Å²) >= 11 is 0. The van der Waals surface area contributed by atoms with Crippen molar-refractivity contribution in [3.8, 4) is 0 Å². The van der Waals surface area contributed by atoms with Crippen LogP contribution in [0.3, 0.4) is 0 Å². The van der Waals surface area contributed by atoms with Crippen LogP contribution in [0.15, 0.2) is 30.3 Å². The van der Waals surface area contributed by atoms with Gasteiger partial charge in [-0.3, -0.25) is 0 Å². The van der Waals surface area contributed by atoms with Gasteiger partial charge in [0, 0.05) is 33.0 Å². The Morgan fingerprint density at radius 3 is 2.13 bits per heavy atom. The van der Waals surface area contributed by atoms with Gasteiger partial charge in [-0.1, -0.05) is 50.1 Å². The quantitative estimate of drug-likeness (QED) is 0.414. The van der Waals surface area contributed by atoms with Crippen LogP contribution in [-0.2, 0) is 19.3 Å². The van der Waals surface area contributed by atoms with Gasteiger partial charge in [0.25, 0.3) is 0 Å². The first kappa shape index (κ1) is 20.3. The van der Waals surface area contributed by atoms with E-state index in [2.05, 4.69) is 19.1 Å². The molecule has 1 unspecified atom stereocenters. The number of hydrogen-bond acceptors (Lipinski definition) is 4. The lowest BCUT2D eigenvalue weighted by molar-refractivity contribution is 0.0731. The van der Waals surface area contributed by atoms with Gasteiger partial charge in [0.1, 0.15) is 0 Å². The fraction of sp³-hybridized carbons (Fsp3) is 0.667. The molecule has 132 valence electrons. The van der Waals surface area contributed by atoms with E-state index in [1.807, 2.05) is 18.2 Å². The normalized spacial score (nSPS) is 13.9. The van der Waals surface area contributed by atoms with E-state index < -0.39 is 8.80 Å². The van der Waals surface area contributed by atoms with E-state index >= 15 is 0 Å². The van der Waals surface area contributed by atoms with E-state index in [1.165, 1.54) is 12.0 Å². The maximum Gasteiger partial charge on any atom is 0.505 e. The Labute approximate surface area is 142 Å². The molecule has 0 saturated heterocycles. The third kappa shape index (κ3) is 8.63. The Morgan fingerprint density at radius 1 is 0.913 bits per heavy atom. The third-order valence-corrected chi connectivity index (χ3v) is 6.52. The first-order valence-corrected chi connectivity index (χ1v) is 10.7. The van der Waals surface area contributed by atoms with E-state index in [-0.39, 0.29) is 6.61 Å². The molecule has 4 nitrogen and oxygen atoms in total. The van der Waals surface area contributed by atoms with Crippen molar-refractivity contribution in [1.29, 1.82) is 0 Å². The highest BCUT2D eigenvalue weighted by atomic mass is 28.4. The van der Waals surface area contributed by atoms with Crippen molar-refractivity contribution >= 4 is 8.80 Å². The van der Waals surface area contributed by atoms with Gasteiger partial charge in [0.2, 0.25) is 0 Å². The summed E-state index contributed by atoms with van der Waals surface area (Å²) in [6, 6.07) is 11.0. The molecule has 0 aliphatic rings. The molecule has 0 bridgehead atoms. The monoisotopic (exact) mass is 340 g/mol. The van der Waals surface area contributed by atoms with Gasteiger partial charge in [-0.25, -0.2) is 0 Å². The SMILES string of the molecule is CCCCCO[Si](Cc1ccccc1)(OC)OCCCCCO. The maximum atomic E-state index is 8.85. The predicted molar refractivity (Wildman–Crippen MR) is 95.3 cm³/mol. The van der Waals surface area contributed by atoms with Crippen LogP contribution < -0.4 is 0 Å². The maximum absolute atomic E-state index is 8.85. The molecule has 0 fully saturated rings. The Balaban J connectivity index is 2.59. The highest BCUT2D eigenvalue weighted by Crippen LogP contribution is 2.18. The second-order valence-corrected chi connectivity index (χ2v) is 8.44. The zero-order valence-electron chi connectivity index (χ0n) is 14.6. The molecule has 0 saturated carbocycles. The van der Waals surface area contributed by atoms with E-state index in [1.54, 1.807) is 7.11 Å². The second-order valence-electron chi connectivity index (χ2n) is 5.74. The van der Waals surface area contributed by atoms with Gasteiger partial charge in [-0.15, -0.1) is 0 Å². The molecule has 1 N–H and O–H groups in total. The van der Waals surface area contributed by atoms with Crippen LogP contribution in [-0.4, -0.2) is 40.8 Å². The lowest BCUT2D eigenvalue weighted by atomic mass is 10.2. The topological polar surface area (TPSA) is 47.9 Å². The summed E-state index contributed by atoms with van der Waals surface area (Å²) in [5.41, 5.74) is 1.19. The average Bonchev–Trinajstić information content (AvgIpc) is 2.59. The van der Waals surface area contributed by atoms with Crippen molar-refractivity contribution in [3.63, 3.8) is 0 Å². The van der Waals surface area contributed by atoms with Crippen LogP contribution in [0.1, 0.15) is 51.0 Å². The summed E-state index contributed by atoms with van der Waals surface area (Å²) < 4.78 is 18.0. The first-order chi connectivity index (χ1) is 11.3.